The number of benzene rings is 1. The van der Waals surface area contributed by atoms with E-state index < -0.39 is 39.7 Å². The zero-order valence-corrected chi connectivity index (χ0v) is 16.2. The Kier molecular flexibility index (Phi) is 5.55. The summed E-state index contributed by atoms with van der Waals surface area (Å²) in [5, 5.41) is 0. The largest absolute Gasteiger partial charge is 0.449 e. The number of rotatable bonds is 5. The second-order valence-corrected chi connectivity index (χ2v) is 8.93. The quantitative estimate of drug-likeness (QED) is 0.704. The number of carbonyl (C=O) groups is 2. The van der Waals surface area contributed by atoms with E-state index in [1.54, 1.807) is 6.07 Å². The van der Waals surface area contributed by atoms with Crippen molar-refractivity contribution in [2.75, 3.05) is 18.6 Å². The molecule has 2 aromatic rings. The average molecular weight is 409 g/mol. The van der Waals surface area contributed by atoms with E-state index >= 15 is 0 Å². The van der Waals surface area contributed by atoms with E-state index in [1.807, 2.05) is 0 Å². The fourth-order valence-corrected chi connectivity index (χ4v) is 4.84. The van der Waals surface area contributed by atoms with E-state index in [2.05, 4.69) is 0 Å². The van der Waals surface area contributed by atoms with Gasteiger partial charge in [-0.15, -0.1) is 0 Å². The topological polar surface area (TPSA) is 93.9 Å². The van der Waals surface area contributed by atoms with Crippen LogP contribution in [0.1, 0.15) is 23.9 Å². The van der Waals surface area contributed by atoms with E-state index in [4.69, 9.17) is 9.15 Å². The molecule has 1 amide bonds. The van der Waals surface area contributed by atoms with Gasteiger partial charge in [0, 0.05) is 13.1 Å². The third kappa shape index (κ3) is 4.24. The van der Waals surface area contributed by atoms with Crippen molar-refractivity contribution in [3.05, 3.63) is 48.0 Å². The van der Waals surface area contributed by atoms with Crippen LogP contribution in [0, 0.1) is 5.82 Å². The van der Waals surface area contributed by atoms with Crippen LogP contribution in [-0.4, -0.2) is 55.9 Å². The second-order valence-electron chi connectivity index (χ2n) is 6.70. The maximum absolute atomic E-state index is 13.8. The first kappa shape index (κ1) is 20.1. The van der Waals surface area contributed by atoms with Crippen LogP contribution in [-0.2, 0) is 19.4 Å². The molecule has 2 unspecified atom stereocenters. The van der Waals surface area contributed by atoms with Crippen LogP contribution in [0.2, 0.25) is 0 Å². The lowest BCUT2D eigenvalue weighted by atomic mass is 10.1. The molecule has 28 heavy (non-hydrogen) atoms. The third-order valence-electron chi connectivity index (χ3n) is 4.68. The number of hydrogen-bond donors (Lipinski definition) is 0. The molecule has 2 atom stereocenters. The van der Waals surface area contributed by atoms with Crippen LogP contribution in [0.15, 0.2) is 40.8 Å². The number of hydrogen-bond acceptors (Lipinski definition) is 6. The molecule has 7 nitrogen and oxygen atoms in total. The minimum absolute atomic E-state index is 0.0364. The van der Waals surface area contributed by atoms with Crippen LogP contribution in [0.25, 0.3) is 11.3 Å². The first-order chi connectivity index (χ1) is 13.2. The highest BCUT2D eigenvalue weighted by Crippen LogP contribution is 2.25. The van der Waals surface area contributed by atoms with Gasteiger partial charge in [0.15, 0.2) is 15.9 Å². The summed E-state index contributed by atoms with van der Waals surface area (Å²) in [5.41, 5.74) is 0.202. The standard InChI is InChI=1S/C19H20FNO6S/c1-12(18(22)21(2)13-9-10-28(24,25)11-13)26-19(23)17-8-7-16(27-17)14-5-3-4-6-15(14)20/h3-8,12-13H,9-11H2,1-2H3. The Morgan fingerprint density at radius 3 is 2.61 bits per heavy atom. The monoisotopic (exact) mass is 409 g/mol. The Morgan fingerprint density at radius 2 is 1.96 bits per heavy atom. The number of carbonyl (C=O) groups excluding carboxylic acids is 2. The van der Waals surface area contributed by atoms with Gasteiger partial charge in [-0.3, -0.25) is 4.79 Å². The lowest BCUT2D eigenvalue weighted by Gasteiger charge is -2.26. The van der Waals surface area contributed by atoms with Crippen molar-refractivity contribution in [3.63, 3.8) is 0 Å². The molecule has 1 aliphatic rings. The Balaban J connectivity index is 1.64. The number of amides is 1. The number of ether oxygens (including phenoxy) is 1. The number of furan rings is 1. The third-order valence-corrected chi connectivity index (χ3v) is 6.43. The van der Waals surface area contributed by atoms with Gasteiger partial charge in [-0.1, -0.05) is 12.1 Å². The molecular formula is C19H20FNO6S. The van der Waals surface area contributed by atoms with E-state index in [0.717, 1.165) is 0 Å². The van der Waals surface area contributed by atoms with Gasteiger partial charge >= 0.3 is 5.97 Å². The van der Waals surface area contributed by atoms with Gasteiger partial charge < -0.3 is 14.1 Å². The van der Waals surface area contributed by atoms with Crippen LogP contribution in [0.4, 0.5) is 4.39 Å². The van der Waals surface area contributed by atoms with Crippen LogP contribution >= 0.6 is 0 Å². The highest BCUT2D eigenvalue weighted by Gasteiger charge is 2.35. The molecule has 0 aliphatic carbocycles. The molecule has 0 spiro atoms. The van der Waals surface area contributed by atoms with Gasteiger partial charge in [0.2, 0.25) is 5.76 Å². The lowest BCUT2D eigenvalue weighted by Crippen LogP contribution is -2.44. The molecule has 0 radical (unpaired) electrons. The molecule has 1 aliphatic heterocycles. The molecule has 1 fully saturated rings. The predicted molar refractivity (Wildman–Crippen MR) is 98.8 cm³/mol. The number of likely N-dealkylation sites (N-methyl/N-ethyl adjacent to an activating group) is 1. The van der Waals surface area contributed by atoms with E-state index in [1.165, 1.54) is 49.2 Å². The predicted octanol–water partition coefficient (Wildman–Crippen LogP) is 2.28. The van der Waals surface area contributed by atoms with Gasteiger partial charge in [-0.25, -0.2) is 17.6 Å². The summed E-state index contributed by atoms with van der Waals surface area (Å²) < 4.78 is 47.5. The molecule has 1 saturated heterocycles. The number of sulfone groups is 1. The second kappa shape index (κ2) is 7.75. The van der Waals surface area contributed by atoms with Crippen molar-refractivity contribution < 1.29 is 31.6 Å². The number of esters is 1. The van der Waals surface area contributed by atoms with Crippen molar-refractivity contribution in [1.29, 1.82) is 0 Å². The van der Waals surface area contributed by atoms with Crippen molar-refractivity contribution in [2.24, 2.45) is 0 Å². The molecule has 1 aromatic heterocycles. The summed E-state index contributed by atoms with van der Waals surface area (Å²) in [5.74, 6) is -1.92. The Labute approximate surface area is 162 Å². The summed E-state index contributed by atoms with van der Waals surface area (Å²) in [7, 11) is -1.65. The molecule has 9 heteroatoms. The molecule has 2 heterocycles. The highest BCUT2D eigenvalue weighted by molar-refractivity contribution is 7.91. The van der Waals surface area contributed by atoms with Crippen molar-refractivity contribution in [3.8, 4) is 11.3 Å². The van der Waals surface area contributed by atoms with Gasteiger partial charge in [0.05, 0.1) is 17.1 Å². The molecule has 0 N–H and O–H groups in total. The smallest absolute Gasteiger partial charge is 0.375 e. The van der Waals surface area contributed by atoms with E-state index in [0.29, 0.717) is 6.42 Å². The Hall–Kier alpha value is -2.68. The fraction of sp³-hybridized carbons (Fsp3) is 0.368. The fourth-order valence-electron chi connectivity index (χ4n) is 3.07. The molecule has 3 rings (SSSR count). The normalized spacial score (nSPS) is 19.2. The van der Waals surface area contributed by atoms with Crippen LogP contribution in [0.5, 0.6) is 0 Å². The first-order valence-corrected chi connectivity index (χ1v) is 10.5. The zero-order valence-electron chi connectivity index (χ0n) is 15.4. The summed E-state index contributed by atoms with van der Waals surface area (Å²) >= 11 is 0. The molecular weight excluding hydrogens is 389 g/mol. The van der Waals surface area contributed by atoms with Gasteiger partial charge in [-0.2, -0.15) is 0 Å². The van der Waals surface area contributed by atoms with Gasteiger partial charge in [0.1, 0.15) is 11.6 Å². The van der Waals surface area contributed by atoms with E-state index in [9.17, 15) is 22.4 Å². The van der Waals surface area contributed by atoms with E-state index in [-0.39, 0.29) is 28.6 Å². The van der Waals surface area contributed by atoms with Crippen molar-refractivity contribution in [2.45, 2.75) is 25.5 Å². The average Bonchev–Trinajstić information content (AvgIpc) is 3.27. The minimum atomic E-state index is -3.14. The maximum Gasteiger partial charge on any atom is 0.375 e. The SMILES string of the molecule is CC(OC(=O)c1ccc(-c2ccccc2F)o1)C(=O)N(C)C1CCS(=O)(=O)C1. The lowest BCUT2D eigenvalue weighted by molar-refractivity contribution is -0.140. The van der Waals surface area contributed by atoms with Crippen molar-refractivity contribution in [1.82, 2.24) is 4.90 Å². The molecule has 0 bridgehead atoms. The summed E-state index contributed by atoms with van der Waals surface area (Å²) in [6.45, 7) is 1.40. The zero-order chi connectivity index (χ0) is 20.5. The first-order valence-electron chi connectivity index (χ1n) is 8.71. The van der Waals surface area contributed by atoms with Gasteiger partial charge in [0.25, 0.3) is 5.91 Å². The van der Waals surface area contributed by atoms with Gasteiger partial charge in [-0.05, 0) is 37.6 Å². The summed E-state index contributed by atoms with van der Waals surface area (Å²) in [4.78, 5) is 26.0. The van der Waals surface area contributed by atoms with Crippen molar-refractivity contribution >= 4 is 21.7 Å². The van der Waals surface area contributed by atoms with Crippen LogP contribution < -0.4 is 0 Å². The summed E-state index contributed by atoms with van der Waals surface area (Å²) in [6, 6.07) is 8.31. The molecule has 150 valence electrons. The maximum atomic E-state index is 13.8. The number of nitrogens with zero attached hydrogens (tertiary/aromatic N) is 1. The summed E-state index contributed by atoms with van der Waals surface area (Å²) in [6.07, 6.45) is -0.766. The number of halogens is 1. The Bertz CT molecular complexity index is 999. The molecule has 1 aromatic carbocycles. The molecule has 0 saturated carbocycles. The van der Waals surface area contributed by atoms with Crippen LogP contribution in [0.3, 0.4) is 0 Å². The Morgan fingerprint density at radius 1 is 1.25 bits per heavy atom. The minimum Gasteiger partial charge on any atom is -0.449 e. The highest BCUT2D eigenvalue weighted by atomic mass is 32.2.